The molecule has 1 aliphatic rings. The molecule has 2 N–H and O–H groups in total. The molecule has 0 aliphatic carbocycles. The van der Waals surface area contributed by atoms with Gasteiger partial charge >= 0.3 is 0 Å². The number of methoxy groups -OCH3 is 1. The van der Waals surface area contributed by atoms with Crippen LogP contribution in [0.1, 0.15) is 30.3 Å². The number of amides is 1. The first-order chi connectivity index (χ1) is 13.6. The highest BCUT2D eigenvalue weighted by Crippen LogP contribution is 2.29. The summed E-state index contributed by atoms with van der Waals surface area (Å²) < 4.78 is 6.37. The van der Waals surface area contributed by atoms with Crippen LogP contribution in [0, 0.1) is 0 Å². The van der Waals surface area contributed by atoms with Gasteiger partial charge in [-0.05, 0) is 43.2 Å². The third-order valence-corrected chi connectivity index (χ3v) is 6.61. The number of fused-ring (bicyclic) bond motifs is 1. The number of piperidine rings is 1. The molecule has 3 aromatic rings. The Morgan fingerprint density at radius 1 is 1.32 bits per heavy atom. The van der Waals surface area contributed by atoms with E-state index in [1.54, 1.807) is 36.6 Å². The monoisotopic (exact) mass is 416 g/mol. The van der Waals surface area contributed by atoms with Crippen LogP contribution in [0.2, 0.25) is 5.02 Å². The SMILES string of the molecule is COc1ccc(NC(=O)C[NH+]2CCCC[C@H]2c2nc3ccccc3s2)cc1Cl. The van der Waals surface area contributed by atoms with Crippen molar-refractivity contribution in [1.82, 2.24) is 4.98 Å². The van der Waals surface area contributed by atoms with Crippen molar-refractivity contribution in [2.45, 2.75) is 25.3 Å². The largest absolute Gasteiger partial charge is 0.495 e. The lowest BCUT2D eigenvalue weighted by Gasteiger charge is -2.30. The first-order valence-corrected chi connectivity index (χ1v) is 10.7. The Balaban J connectivity index is 1.47. The zero-order valence-electron chi connectivity index (χ0n) is 15.7. The second-order valence-corrected chi connectivity index (χ2v) is 8.52. The molecular formula is C21H23ClN3O2S+. The highest BCUT2D eigenvalue weighted by Gasteiger charge is 2.31. The molecule has 146 valence electrons. The van der Waals surface area contributed by atoms with Gasteiger partial charge in [-0.2, -0.15) is 0 Å². The van der Waals surface area contributed by atoms with Crippen molar-refractivity contribution in [3.63, 3.8) is 0 Å². The number of benzene rings is 2. The number of thiazole rings is 1. The Kier molecular flexibility index (Phi) is 5.80. The van der Waals surface area contributed by atoms with Crippen molar-refractivity contribution in [2.75, 3.05) is 25.5 Å². The molecule has 0 radical (unpaired) electrons. The minimum Gasteiger partial charge on any atom is -0.495 e. The first kappa shape index (κ1) is 19.2. The minimum atomic E-state index is -0.00996. The molecule has 0 spiro atoms. The summed E-state index contributed by atoms with van der Waals surface area (Å²) in [6.45, 7) is 1.40. The van der Waals surface area contributed by atoms with Gasteiger partial charge in [-0.15, -0.1) is 11.3 Å². The van der Waals surface area contributed by atoms with Crippen LogP contribution in [0.4, 0.5) is 5.69 Å². The van der Waals surface area contributed by atoms with E-state index in [9.17, 15) is 4.79 Å². The van der Waals surface area contributed by atoms with Crippen LogP contribution in [0.25, 0.3) is 10.2 Å². The van der Waals surface area contributed by atoms with E-state index in [4.69, 9.17) is 21.3 Å². The molecule has 0 saturated carbocycles. The van der Waals surface area contributed by atoms with Crippen LogP contribution in [-0.2, 0) is 4.79 Å². The molecule has 1 saturated heterocycles. The fourth-order valence-electron chi connectivity index (χ4n) is 3.78. The highest BCUT2D eigenvalue weighted by atomic mass is 35.5. The van der Waals surface area contributed by atoms with Crippen LogP contribution in [0.3, 0.4) is 0 Å². The van der Waals surface area contributed by atoms with Gasteiger partial charge in [0.15, 0.2) is 11.6 Å². The van der Waals surface area contributed by atoms with Gasteiger partial charge in [0.05, 0.1) is 28.9 Å². The lowest BCUT2D eigenvalue weighted by atomic mass is 10.0. The standard InChI is InChI=1S/C21H22ClN3O2S/c1-27-18-10-9-14(12-15(18)22)23-20(26)13-25-11-5-4-7-17(25)21-24-16-6-2-3-8-19(16)28-21/h2-3,6,8-10,12,17H,4-5,7,11,13H2,1H3,(H,23,26)/p+1/t17-/m0/s1. The van der Waals surface area contributed by atoms with Crippen molar-refractivity contribution in [3.8, 4) is 5.75 Å². The lowest BCUT2D eigenvalue weighted by molar-refractivity contribution is -0.929. The van der Waals surface area contributed by atoms with Crippen LogP contribution < -0.4 is 15.0 Å². The van der Waals surface area contributed by atoms with E-state index >= 15 is 0 Å². The van der Waals surface area contributed by atoms with E-state index in [0.29, 0.717) is 23.0 Å². The number of nitrogens with zero attached hydrogens (tertiary/aromatic N) is 1. The predicted molar refractivity (Wildman–Crippen MR) is 114 cm³/mol. The van der Waals surface area contributed by atoms with E-state index in [-0.39, 0.29) is 11.9 Å². The Labute approximate surface area is 173 Å². The number of hydrogen-bond donors (Lipinski definition) is 2. The first-order valence-electron chi connectivity index (χ1n) is 9.47. The number of halogens is 1. The second kappa shape index (κ2) is 8.47. The number of rotatable bonds is 5. The van der Waals surface area contributed by atoms with E-state index in [1.807, 2.05) is 12.1 Å². The smallest absolute Gasteiger partial charge is 0.279 e. The van der Waals surface area contributed by atoms with Crippen LogP contribution in [0.5, 0.6) is 5.75 Å². The second-order valence-electron chi connectivity index (χ2n) is 7.05. The van der Waals surface area contributed by atoms with E-state index in [1.165, 1.54) is 16.0 Å². The summed E-state index contributed by atoms with van der Waals surface area (Å²) in [6, 6.07) is 13.8. The van der Waals surface area contributed by atoms with Crippen molar-refractivity contribution in [3.05, 3.63) is 52.5 Å². The molecule has 0 bridgehead atoms. The van der Waals surface area contributed by atoms with Crippen molar-refractivity contribution >= 4 is 44.7 Å². The fraction of sp³-hybridized carbons (Fsp3) is 0.333. The number of likely N-dealkylation sites (tertiary alicyclic amines) is 1. The number of quaternary nitrogens is 1. The van der Waals surface area contributed by atoms with Gasteiger partial charge in [0.1, 0.15) is 11.8 Å². The maximum Gasteiger partial charge on any atom is 0.279 e. The number of carbonyl (C=O) groups is 1. The molecule has 2 atom stereocenters. The number of anilines is 1. The Morgan fingerprint density at radius 2 is 2.18 bits per heavy atom. The maximum atomic E-state index is 12.7. The summed E-state index contributed by atoms with van der Waals surface area (Å²) in [7, 11) is 1.57. The van der Waals surface area contributed by atoms with Gasteiger partial charge in [0.25, 0.3) is 5.91 Å². The van der Waals surface area contributed by atoms with Crippen LogP contribution in [-0.4, -0.2) is 31.1 Å². The molecule has 1 fully saturated rings. The third kappa shape index (κ3) is 4.14. The average Bonchev–Trinajstić information content (AvgIpc) is 3.12. The van der Waals surface area contributed by atoms with Gasteiger partial charge < -0.3 is 15.0 Å². The molecule has 28 heavy (non-hydrogen) atoms. The van der Waals surface area contributed by atoms with Gasteiger partial charge in [0, 0.05) is 12.1 Å². The highest BCUT2D eigenvalue weighted by molar-refractivity contribution is 7.18. The summed E-state index contributed by atoms with van der Waals surface area (Å²) in [6.07, 6.45) is 3.38. The number of para-hydroxylation sites is 1. The minimum absolute atomic E-state index is 0.00996. The van der Waals surface area contributed by atoms with Gasteiger partial charge in [-0.3, -0.25) is 4.79 Å². The van der Waals surface area contributed by atoms with Crippen LogP contribution >= 0.6 is 22.9 Å². The van der Waals surface area contributed by atoms with Gasteiger partial charge in [0.2, 0.25) is 0 Å². The molecule has 4 rings (SSSR count). The number of ether oxygens (including phenoxy) is 1. The number of nitrogens with one attached hydrogen (secondary N) is 2. The van der Waals surface area contributed by atoms with Crippen molar-refractivity contribution in [1.29, 1.82) is 0 Å². The average molecular weight is 417 g/mol. The van der Waals surface area contributed by atoms with Crippen LogP contribution in [0.15, 0.2) is 42.5 Å². The summed E-state index contributed by atoms with van der Waals surface area (Å²) in [5.41, 5.74) is 1.73. The molecule has 1 unspecified atom stereocenters. The van der Waals surface area contributed by atoms with Gasteiger partial charge in [-0.1, -0.05) is 23.7 Å². The number of aromatic nitrogens is 1. The molecule has 1 amide bonds. The quantitative estimate of drug-likeness (QED) is 0.666. The summed E-state index contributed by atoms with van der Waals surface area (Å²) in [4.78, 5) is 18.8. The molecule has 2 aromatic carbocycles. The molecule has 5 nitrogen and oxygen atoms in total. The molecular weight excluding hydrogens is 394 g/mol. The van der Waals surface area contributed by atoms with Gasteiger partial charge in [-0.25, -0.2) is 4.98 Å². The van der Waals surface area contributed by atoms with E-state index in [0.717, 1.165) is 29.9 Å². The van der Waals surface area contributed by atoms with E-state index < -0.39 is 0 Å². The molecule has 7 heteroatoms. The molecule has 2 heterocycles. The molecule has 1 aliphatic heterocycles. The summed E-state index contributed by atoms with van der Waals surface area (Å²) in [5, 5.41) is 4.58. The zero-order chi connectivity index (χ0) is 19.5. The third-order valence-electron chi connectivity index (χ3n) is 5.17. The lowest BCUT2D eigenvalue weighted by Crippen LogP contribution is -3.14. The Hall–Kier alpha value is -2.15. The number of carbonyl (C=O) groups excluding carboxylic acids is 1. The van der Waals surface area contributed by atoms with Crippen molar-refractivity contribution < 1.29 is 14.4 Å². The maximum absolute atomic E-state index is 12.7. The predicted octanol–water partition coefficient (Wildman–Crippen LogP) is 3.71. The zero-order valence-corrected chi connectivity index (χ0v) is 17.3. The van der Waals surface area contributed by atoms with E-state index in [2.05, 4.69) is 17.4 Å². The fourth-order valence-corrected chi connectivity index (χ4v) is 5.20. The summed E-state index contributed by atoms with van der Waals surface area (Å²) >= 11 is 7.91. The topological polar surface area (TPSA) is 55.7 Å². The normalized spacial score (nSPS) is 19.5. The molecule has 1 aromatic heterocycles. The summed E-state index contributed by atoms with van der Waals surface area (Å²) in [5.74, 6) is 0.585. The Bertz CT molecular complexity index is 958. The number of hydrogen-bond acceptors (Lipinski definition) is 4. The Morgan fingerprint density at radius 3 is 2.96 bits per heavy atom. The van der Waals surface area contributed by atoms with Crippen molar-refractivity contribution in [2.24, 2.45) is 0 Å².